The Kier molecular flexibility index (Phi) is 4.19. The van der Waals surface area contributed by atoms with Gasteiger partial charge in [-0.15, -0.1) is 0 Å². The van der Waals surface area contributed by atoms with Crippen molar-refractivity contribution >= 4 is 34.3 Å². The smallest absolute Gasteiger partial charge is 0.256 e. The van der Waals surface area contributed by atoms with Gasteiger partial charge in [0.2, 0.25) is 0 Å². The van der Waals surface area contributed by atoms with E-state index in [-0.39, 0.29) is 5.91 Å². The molecule has 1 heterocycles. The molecule has 0 radical (unpaired) electrons. The van der Waals surface area contributed by atoms with Crippen molar-refractivity contribution < 1.29 is 4.79 Å². The lowest BCUT2D eigenvalue weighted by Crippen LogP contribution is -2.14. The van der Waals surface area contributed by atoms with Crippen LogP contribution in [0.5, 0.6) is 0 Å². The van der Waals surface area contributed by atoms with Crippen LogP contribution in [0.4, 0.5) is 5.82 Å². The van der Waals surface area contributed by atoms with Gasteiger partial charge in [-0.3, -0.25) is 4.79 Å². The standard InChI is InChI=1S/C15H15IN2O/c1-9-4-10(2)6-12(5-9)15(19)18-14-11(3)7-13(16)8-17-14/h4-8H,1-3H3,(H,17,18,19). The minimum absolute atomic E-state index is 0.122. The molecule has 0 aliphatic rings. The first kappa shape index (κ1) is 14.0. The highest BCUT2D eigenvalue weighted by atomic mass is 127. The fraction of sp³-hybridized carbons (Fsp3) is 0.200. The molecule has 0 unspecified atom stereocenters. The molecule has 0 bridgehead atoms. The molecule has 0 atom stereocenters. The third kappa shape index (κ3) is 3.53. The first-order chi connectivity index (χ1) is 8.95. The van der Waals surface area contributed by atoms with Gasteiger partial charge < -0.3 is 5.32 Å². The van der Waals surface area contributed by atoms with Crippen LogP contribution in [0.3, 0.4) is 0 Å². The van der Waals surface area contributed by atoms with E-state index >= 15 is 0 Å². The number of anilines is 1. The van der Waals surface area contributed by atoms with Gasteiger partial charge in [0.15, 0.2) is 0 Å². The monoisotopic (exact) mass is 366 g/mol. The first-order valence-electron chi connectivity index (χ1n) is 5.97. The van der Waals surface area contributed by atoms with E-state index in [1.165, 1.54) is 0 Å². The highest BCUT2D eigenvalue weighted by molar-refractivity contribution is 14.1. The quantitative estimate of drug-likeness (QED) is 0.821. The van der Waals surface area contributed by atoms with Gasteiger partial charge in [0.25, 0.3) is 5.91 Å². The summed E-state index contributed by atoms with van der Waals surface area (Å²) in [5.41, 5.74) is 3.79. The third-order valence-corrected chi connectivity index (χ3v) is 3.35. The number of nitrogens with zero attached hydrogens (tertiary/aromatic N) is 1. The highest BCUT2D eigenvalue weighted by Gasteiger charge is 2.09. The molecule has 3 nitrogen and oxygen atoms in total. The topological polar surface area (TPSA) is 42.0 Å². The number of hydrogen-bond donors (Lipinski definition) is 1. The van der Waals surface area contributed by atoms with Crippen LogP contribution in [-0.4, -0.2) is 10.9 Å². The molecule has 0 aliphatic carbocycles. The number of carbonyl (C=O) groups is 1. The van der Waals surface area contributed by atoms with E-state index in [1.807, 2.05) is 45.0 Å². The Bertz CT molecular complexity index is 618. The van der Waals surface area contributed by atoms with E-state index in [4.69, 9.17) is 0 Å². The van der Waals surface area contributed by atoms with Crippen molar-refractivity contribution in [2.45, 2.75) is 20.8 Å². The van der Waals surface area contributed by atoms with Gasteiger partial charge in [0.05, 0.1) is 0 Å². The van der Waals surface area contributed by atoms with Crippen LogP contribution < -0.4 is 5.32 Å². The average molecular weight is 366 g/mol. The zero-order valence-corrected chi connectivity index (χ0v) is 13.3. The normalized spacial score (nSPS) is 10.3. The van der Waals surface area contributed by atoms with Crippen LogP contribution in [0.15, 0.2) is 30.5 Å². The van der Waals surface area contributed by atoms with E-state index < -0.39 is 0 Å². The second kappa shape index (κ2) is 5.69. The molecule has 4 heteroatoms. The summed E-state index contributed by atoms with van der Waals surface area (Å²) in [6.07, 6.45) is 1.74. The van der Waals surface area contributed by atoms with E-state index in [1.54, 1.807) is 6.20 Å². The molecule has 2 rings (SSSR count). The Morgan fingerprint density at radius 3 is 2.32 bits per heavy atom. The number of nitrogens with one attached hydrogen (secondary N) is 1. The number of amides is 1. The molecule has 2 aromatic rings. The average Bonchev–Trinajstić information content (AvgIpc) is 2.31. The van der Waals surface area contributed by atoms with Crippen molar-refractivity contribution in [1.29, 1.82) is 0 Å². The summed E-state index contributed by atoms with van der Waals surface area (Å²) in [5, 5.41) is 2.85. The predicted octanol–water partition coefficient (Wildman–Crippen LogP) is 3.86. The zero-order chi connectivity index (χ0) is 14.0. The van der Waals surface area contributed by atoms with Crippen LogP contribution in [0, 0.1) is 24.3 Å². The molecule has 19 heavy (non-hydrogen) atoms. The Labute approximate surface area is 126 Å². The summed E-state index contributed by atoms with van der Waals surface area (Å²) in [6, 6.07) is 7.80. The summed E-state index contributed by atoms with van der Waals surface area (Å²) < 4.78 is 1.06. The molecular formula is C15H15IN2O. The van der Waals surface area contributed by atoms with Gasteiger partial charge in [-0.05, 0) is 67.1 Å². The summed E-state index contributed by atoms with van der Waals surface area (Å²) in [5.74, 6) is 0.494. The van der Waals surface area contributed by atoms with Crippen LogP contribution in [0.25, 0.3) is 0 Å². The van der Waals surface area contributed by atoms with E-state index in [2.05, 4.69) is 32.9 Å². The van der Waals surface area contributed by atoms with Crippen LogP contribution >= 0.6 is 22.6 Å². The fourth-order valence-corrected chi connectivity index (χ4v) is 2.56. The summed E-state index contributed by atoms with van der Waals surface area (Å²) in [6.45, 7) is 5.91. The number of benzene rings is 1. The number of pyridine rings is 1. The van der Waals surface area contributed by atoms with E-state index in [0.717, 1.165) is 20.3 Å². The van der Waals surface area contributed by atoms with Gasteiger partial charge in [0.1, 0.15) is 5.82 Å². The summed E-state index contributed by atoms with van der Waals surface area (Å²) >= 11 is 2.20. The van der Waals surface area contributed by atoms with Crippen molar-refractivity contribution in [2.75, 3.05) is 5.32 Å². The van der Waals surface area contributed by atoms with Crippen molar-refractivity contribution in [3.8, 4) is 0 Å². The Morgan fingerprint density at radius 1 is 1.11 bits per heavy atom. The Morgan fingerprint density at radius 2 is 1.74 bits per heavy atom. The zero-order valence-electron chi connectivity index (χ0n) is 11.1. The van der Waals surface area contributed by atoms with Crippen molar-refractivity contribution in [2.24, 2.45) is 0 Å². The molecule has 1 aromatic carbocycles. The third-order valence-electron chi connectivity index (χ3n) is 2.76. The van der Waals surface area contributed by atoms with Gasteiger partial charge >= 0.3 is 0 Å². The van der Waals surface area contributed by atoms with Gasteiger partial charge in [-0.25, -0.2) is 4.98 Å². The molecule has 98 valence electrons. The molecule has 0 saturated heterocycles. The number of carbonyl (C=O) groups excluding carboxylic acids is 1. The number of aromatic nitrogens is 1. The lowest BCUT2D eigenvalue weighted by molar-refractivity contribution is 0.102. The Balaban J connectivity index is 2.25. The predicted molar refractivity (Wildman–Crippen MR) is 85.6 cm³/mol. The number of hydrogen-bond acceptors (Lipinski definition) is 2. The van der Waals surface area contributed by atoms with Crippen LogP contribution in [0.1, 0.15) is 27.0 Å². The maximum Gasteiger partial charge on any atom is 0.256 e. The van der Waals surface area contributed by atoms with Gasteiger partial charge in [-0.1, -0.05) is 17.2 Å². The molecule has 0 saturated carbocycles. The van der Waals surface area contributed by atoms with Crippen molar-refractivity contribution in [1.82, 2.24) is 4.98 Å². The SMILES string of the molecule is Cc1cc(C)cc(C(=O)Nc2ncc(I)cc2C)c1. The summed E-state index contributed by atoms with van der Waals surface area (Å²) in [4.78, 5) is 16.5. The van der Waals surface area contributed by atoms with Gasteiger partial charge in [0, 0.05) is 15.3 Å². The highest BCUT2D eigenvalue weighted by Crippen LogP contribution is 2.16. The molecule has 0 fully saturated rings. The minimum atomic E-state index is -0.122. The lowest BCUT2D eigenvalue weighted by Gasteiger charge is -2.09. The molecule has 0 aliphatic heterocycles. The maximum atomic E-state index is 12.2. The fourth-order valence-electron chi connectivity index (χ4n) is 1.96. The molecular weight excluding hydrogens is 351 g/mol. The molecule has 0 spiro atoms. The van der Waals surface area contributed by atoms with E-state index in [0.29, 0.717) is 11.4 Å². The van der Waals surface area contributed by atoms with Crippen LogP contribution in [0.2, 0.25) is 0 Å². The lowest BCUT2D eigenvalue weighted by atomic mass is 10.1. The van der Waals surface area contributed by atoms with E-state index in [9.17, 15) is 4.79 Å². The molecule has 1 N–H and O–H groups in total. The Hall–Kier alpha value is -1.43. The summed E-state index contributed by atoms with van der Waals surface area (Å²) in [7, 11) is 0. The van der Waals surface area contributed by atoms with Crippen molar-refractivity contribution in [3.63, 3.8) is 0 Å². The number of aryl methyl sites for hydroxylation is 3. The first-order valence-corrected chi connectivity index (χ1v) is 7.05. The second-order valence-corrected chi connectivity index (χ2v) is 5.90. The second-order valence-electron chi connectivity index (χ2n) is 4.65. The van der Waals surface area contributed by atoms with Crippen molar-refractivity contribution in [3.05, 3.63) is 56.3 Å². The largest absolute Gasteiger partial charge is 0.306 e. The molecule has 1 amide bonds. The number of halogens is 1. The molecule has 1 aromatic heterocycles. The number of rotatable bonds is 2. The van der Waals surface area contributed by atoms with Gasteiger partial charge in [-0.2, -0.15) is 0 Å². The minimum Gasteiger partial charge on any atom is -0.306 e. The maximum absolute atomic E-state index is 12.2. The van der Waals surface area contributed by atoms with Crippen LogP contribution in [-0.2, 0) is 0 Å².